The first-order chi connectivity index (χ1) is 14.3. The van der Waals surface area contributed by atoms with Gasteiger partial charge in [-0.1, -0.05) is 23.8 Å². The number of nitrogens with one attached hydrogen (secondary N) is 2. The van der Waals surface area contributed by atoms with Crippen molar-refractivity contribution in [3.05, 3.63) is 64.7 Å². The number of carbonyl (C=O) groups excluding carboxylic acids is 2. The van der Waals surface area contributed by atoms with Crippen LogP contribution >= 0.6 is 0 Å². The zero-order valence-corrected chi connectivity index (χ0v) is 17.3. The van der Waals surface area contributed by atoms with E-state index in [0.29, 0.717) is 25.9 Å². The second-order valence-electron chi connectivity index (χ2n) is 7.83. The minimum Gasteiger partial charge on any atom is -0.352 e. The number of anilines is 1. The molecule has 0 unspecified atom stereocenters. The lowest BCUT2D eigenvalue weighted by Crippen LogP contribution is -2.43. The maximum Gasteiger partial charge on any atom is 0.238 e. The fourth-order valence-electron chi connectivity index (χ4n) is 3.72. The van der Waals surface area contributed by atoms with E-state index in [1.807, 2.05) is 36.9 Å². The number of hydrogen-bond donors (Lipinski definition) is 2. The Hall–Kier alpha value is -2.80. The van der Waals surface area contributed by atoms with E-state index in [9.17, 15) is 18.4 Å². The van der Waals surface area contributed by atoms with Gasteiger partial charge in [0.1, 0.15) is 11.6 Å². The molecular formula is C23H27F2N3O2. The predicted molar refractivity (Wildman–Crippen MR) is 112 cm³/mol. The number of benzene rings is 2. The Kier molecular flexibility index (Phi) is 7.15. The highest BCUT2D eigenvalue weighted by Gasteiger charge is 2.26. The van der Waals surface area contributed by atoms with E-state index in [1.54, 1.807) is 0 Å². The Morgan fingerprint density at radius 2 is 1.73 bits per heavy atom. The van der Waals surface area contributed by atoms with Crippen molar-refractivity contribution in [3.63, 3.8) is 0 Å². The van der Waals surface area contributed by atoms with Crippen molar-refractivity contribution in [3.8, 4) is 0 Å². The van der Waals surface area contributed by atoms with E-state index < -0.39 is 11.6 Å². The van der Waals surface area contributed by atoms with Crippen molar-refractivity contribution in [2.45, 2.75) is 33.2 Å². The van der Waals surface area contributed by atoms with Gasteiger partial charge in [0.15, 0.2) is 0 Å². The third-order valence-corrected chi connectivity index (χ3v) is 5.48. The first kappa shape index (κ1) is 21.9. The van der Waals surface area contributed by atoms with Crippen LogP contribution in [-0.2, 0) is 16.1 Å². The molecule has 30 heavy (non-hydrogen) atoms. The quantitative estimate of drug-likeness (QED) is 0.759. The Balaban J connectivity index is 1.44. The third kappa shape index (κ3) is 5.63. The summed E-state index contributed by atoms with van der Waals surface area (Å²) in [5.41, 5.74) is 2.83. The Morgan fingerprint density at radius 1 is 1.07 bits per heavy atom. The van der Waals surface area contributed by atoms with Crippen LogP contribution in [-0.4, -0.2) is 36.3 Å². The van der Waals surface area contributed by atoms with Crippen LogP contribution in [0.3, 0.4) is 0 Å². The van der Waals surface area contributed by atoms with Crippen molar-refractivity contribution in [2.24, 2.45) is 5.92 Å². The predicted octanol–water partition coefficient (Wildman–Crippen LogP) is 3.55. The number of halogens is 2. The zero-order valence-electron chi connectivity index (χ0n) is 17.3. The molecule has 2 amide bonds. The van der Waals surface area contributed by atoms with Crippen LogP contribution in [0.1, 0.15) is 29.5 Å². The SMILES string of the molecule is Cc1ccc(NC(=O)CN2CCC(C(=O)NCc3c(F)cccc3F)CC2)c(C)c1. The zero-order chi connectivity index (χ0) is 21.7. The molecule has 7 heteroatoms. The smallest absolute Gasteiger partial charge is 0.238 e. The molecule has 2 aromatic carbocycles. The second-order valence-corrected chi connectivity index (χ2v) is 7.83. The molecule has 0 aromatic heterocycles. The molecule has 5 nitrogen and oxygen atoms in total. The molecule has 2 N–H and O–H groups in total. The molecule has 0 atom stereocenters. The molecule has 0 spiro atoms. The van der Waals surface area contributed by atoms with Crippen LogP contribution in [0.25, 0.3) is 0 Å². The lowest BCUT2D eigenvalue weighted by atomic mass is 9.95. The Labute approximate surface area is 175 Å². The maximum absolute atomic E-state index is 13.7. The van der Waals surface area contributed by atoms with Gasteiger partial charge in [-0.15, -0.1) is 0 Å². The number of amides is 2. The number of nitrogens with zero attached hydrogens (tertiary/aromatic N) is 1. The van der Waals surface area contributed by atoms with E-state index in [1.165, 1.54) is 18.2 Å². The fourth-order valence-corrected chi connectivity index (χ4v) is 3.72. The topological polar surface area (TPSA) is 61.4 Å². The van der Waals surface area contributed by atoms with Gasteiger partial charge in [0.2, 0.25) is 11.8 Å². The highest BCUT2D eigenvalue weighted by Crippen LogP contribution is 2.19. The number of rotatable bonds is 6. The van der Waals surface area contributed by atoms with E-state index in [-0.39, 0.29) is 36.4 Å². The van der Waals surface area contributed by atoms with Crippen molar-refractivity contribution in [2.75, 3.05) is 25.0 Å². The van der Waals surface area contributed by atoms with Crippen molar-refractivity contribution in [1.82, 2.24) is 10.2 Å². The number of likely N-dealkylation sites (tertiary alicyclic amines) is 1. The Bertz CT molecular complexity index is 904. The summed E-state index contributed by atoms with van der Waals surface area (Å²) in [5, 5.41) is 5.57. The molecule has 0 bridgehead atoms. The van der Waals surface area contributed by atoms with Gasteiger partial charge in [-0.25, -0.2) is 8.78 Å². The molecule has 160 valence electrons. The van der Waals surface area contributed by atoms with Crippen molar-refractivity contribution < 1.29 is 18.4 Å². The summed E-state index contributed by atoms with van der Waals surface area (Å²) in [6.07, 6.45) is 1.20. The number of carbonyl (C=O) groups is 2. The normalized spacial score (nSPS) is 15.1. The lowest BCUT2D eigenvalue weighted by Gasteiger charge is -2.30. The number of hydrogen-bond acceptors (Lipinski definition) is 3. The number of piperidine rings is 1. The van der Waals surface area contributed by atoms with E-state index in [2.05, 4.69) is 10.6 Å². The van der Waals surface area contributed by atoms with Gasteiger partial charge in [0, 0.05) is 23.7 Å². The van der Waals surface area contributed by atoms with Gasteiger partial charge in [-0.3, -0.25) is 14.5 Å². The minimum absolute atomic E-state index is 0.0834. The van der Waals surface area contributed by atoms with Crippen molar-refractivity contribution in [1.29, 1.82) is 0 Å². The van der Waals surface area contributed by atoms with Gasteiger partial charge in [-0.05, 0) is 63.5 Å². The van der Waals surface area contributed by atoms with Crippen LogP contribution in [0.5, 0.6) is 0 Å². The van der Waals surface area contributed by atoms with Gasteiger partial charge < -0.3 is 10.6 Å². The highest BCUT2D eigenvalue weighted by molar-refractivity contribution is 5.93. The van der Waals surface area contributed by atoms with Crippen LogP contribution in [0.4, 0.5) is 14.5 Å². The summed E-state index contributed by atoms with van der Waals surface area (Å²) in [4.78, 5) is 26.7. The largest absolute Gasteiger partial charge is 0.352 e. The molecule has 1 fully saturated rings. The fraction of sp³-hybridized carbons (Fsp3) is 0.391. The Morgan fingerprint density at radius 3 is 2.37 bits per heavy atom. The molecule has 3 rings (SSSR count). The monoisotopic (exact) mass is 415 g/mol. The molecular weight excluding hydrogens is 388 g/mol. The van der Waals surface area contributed by atoms with E-state index >= 15 is 0 Å². The van der Waals surface area contributed by atoms with Gasteiger partial charge in [0.25, 0.3) is 0 Å². The first-order valence-electron chi connectivity index (χ1n) is 10.1. The molecule has 0 aliphatic carbocycles. The third-order valence-electron chi connectivity index (χ3n) is 5.48. The minimum atomic E-state index is -0.667. The van der Waals surface area contributed by atoms with Gasteiger partial charge >= 0.3 is 0 Å². The molecule has 2 aromatic rings. The summed E-state index contributed by atoms with van der Waals surface area (Å²) >= 11 is 0. The first-order valence-corrected chi connectivity index (χ1v) is 10.1. The van der Waals surface area contributed by atoms with E-state index in [4.69, 9.17) is 0 Å². The van der Waals surface area contributed by atoms with Gasteiger partial charge in [-0.2, -0.15) is 0 Å². The summed E-state index contributed by atoms with van der Waals surface area (Å²) < 4.78 is 27.4. The number of aryl methyl sites for hydroxylation is 2. The molecule has 1 heterocycles. The van der Waals surface area contributed by atoms with E-state index in [0.717, 1.165) is 16.8 Å². The average Bonchev–Trinajstić information content (AvgIpc) is 2.70. The van der Waals surface area contributed by atoms with Crippen LogP contribution < -0.4 is 10.6 Å². The standard InChI is InChI=1S/C23H27F2N3O2/c1-15-6-7-21(16(2)12-15)27-22(29)14-28-10-8-17(9-11-28)23(30)26-13-18-19(24)4-3-5-20(18)25/h3-7,12,17H,8-11,13-14H2,1-2H3,(H,26,30)(H,27,29). The van der Waals surface area contributed by atoms with Crippen LogP contribution in [0.15, 0.2) is 36.4 Å². The van der Waals surface area contributed by atoms with Crippen molar-refractivity contribution >= 4 is 17.5 Å². The molecule has 1 aliphatic rings. The summed E-state index contributed by atoms with van der Waals surface area (Å²) in [6, 6.07) is 9.52. The maximum atomic E-state index is 13.7. The molecule has 1 aliphatic heterocycles. The van der Waals surface area contributed by atoms with Gasteiger partial charge in [0.05, 0.1) is 6.54 Å². The summed E-state index contributed by atoms with van der Waals surface area (Å²) in [5.74, 6) is -1.85. The summed E-state index contributed by atoms with van der Waals surface area (Å²) in [6.45, 7) is 5.29. The molecule has 0 saturated carbocycles. The van der Waals surface area contributed by atoms with Crippen LogP contribution in [0.2, 0.25) is 0 Å². The lowest BCUT2D eigenvalue weighted by molar-refractivity contribution is -0.126. The molecule has 0 radical (unpaired) electrons. The second kappa shape index (κ2) is 9.80. The van der Waals surface area contributed by atoms with Crippen LogP contribution in [0, 0.1) is 31.4 Å². The molecule has 1 saturated heterocycles. The highest BCUT2D eigenvalue weighted by atomic mass is 19.1. The summed E-state index contributed by atoms with van der Waals surface area (Å²) in [7, 11) is 0. The average molecular weight is 415 g/mol.